The van der Waals surface area contributed by atoms with Crippen molar-refractivity contribution < 1.29 is 27.5 Å². The first-order valence-corrected chi connectivity index (χ1v) is 15.8. The smallest absolute Gasteiger partial charge is 0.244 e. The maximum absolute atomic E-state index is 14.2. The van der Waals surface area contributed by atoms with Crippen molar-refractivity contribution in [3.8, 4) is 11.5 Å². The standard InChI is InChI=1S/C31H36ClN3O6S/c1-31(2,3)33-30(37)26(18-22-8-6-5-7-9-22)34(20-23-10-12-24(32)13-11-23)29(36)21-35(42(4,38)39)25-14-15-27-28(19-25)41-17-16-40-27/h5-15,19,26H,16-18,20-21H2,1-4H3,(H,33,37)/t26-/m0/s1. The van der Waals surface area contributed by atoms with Gasteiger partial charge in [-0.15, -0.1) is 0 Å². The van der Waals surface area contributed by atoms with Gasteiger partial charge in [0.15, 0.2) is 11.5 Å². The van der Waals surface area contributed by atoms with E-state index < -0.39 is 34.1 Å². The summed E-state index contributed by atoms with van der Waals surface area (Å²) >= 11 is 6.10. The summed E-state index contributed by atoms with van der Waals surface area (Å²) < 4.78 is 38.3. The van der Waals surface area contributed by atoms with E-state index in [0.717, 1.165) is 21.7 Å². The van der Waals surface area contributed by atoms with Crippen LogP contribution >= 0.6 is 11.6 Å². The molecular formula is C31H36ClN3O6S. The number of amides is 2. The highest BCUT2D eigenvalue weighted by Crippen LogP contribution is 2.35. The number of sulfonamides is 1. The molecule has 1 heterocycles. The summed E-state index contributed by atoms with van der Waals surface area (Å²) in [4.78, 5) is 29.4. The summed E-state index contributed by atoms with van der Waals surface area (Å²) in [7, 11) is -3.91. The average Bonchev–Trinajstić information content (AvgIpc) is 2.93. The Bertz CT molecular complexity index is 1510. The number of nitrogens with one attached hydrogen (secondary N) is 1. The molecule has 0 spiro atoms. The zero-order valence-corrected chi connectivity index (χ0v) is 25.7. The predicted octanol–water partition coefficient (Wildman–Crippen LogP) is 4.43. The number of ether oxygens (including phenoxy) is 2. The molecule has 0 saturated carbocycles. The first-order chi connectivity index (χ1) is 19.8. The normalized spacial score (nSPS) is 13.6. The van der Waals surface area contributed by atoms with Gasteiger partial charge in [0.25, 0.3) is 0 Å². The molecule has 0 unspecified atom stereocenters. The van der Waals surface area contributed by atoms with Gasteiger partial charge in [0.2, 0.25) is 21.8 Å². The van der Waals surface area contributed by atoms with E-state index in [1.807, 2.05) is 51.1 Å². The number of nitrogens with zero attached hydrogens (tertiary/aromatic N) is 2. The van der Waals surface area contributed by atoms with Gasteiger partial charge in [-0.25, -0.2) is 8.42 Å². The second-order valence-corrected chi connectivity index (χ2v) is 13.5. The minimum atomic E-state index is -3.91. The van der Waals surface area contributed by atoms with E-state index in [1.165, 1.54) is 4.90 Å². The molecule has 11 heteroatoms. The average molecular weight is 614 g/mol. The molecule has 224 valence electrons. The SMILES string of the molecule is CC(C)(C)NC(=O)[C@H](Cc1ccccc1)N(Cc1ccc(Cl)cc1)C(=O)CN(c1ccc2c(c1)OCCO2)S(C)(=O)=O. The first-order valence-electron chi connectivity index (χ1n) is 13.6. The molecule has 1 atom stereocenters. The van der Waals surface area contributed by atoms with Crippen LogP contribution in [0.25, 0.3) is 0 Å². The van der Waals surface area contributed by atoms with Gasteiger partial charge in [-0.2, -0.15) is 0 Å². The number of carbonyl (C=O) groups is 2. The Morgan fingerprint density at radius 2 is 1.57 bits per heavy atom. The monoisotopic (exact) mass is 613 g/mol. The van der Waals surface area contributed by atoms with Crippen molar-refractivity contribution in [2.24, 2.45) is 0 Å². The Kier molecular flexibility index (Phi) is 9.68. The molecule has 4 rings (SSSR count). The Morgan fingerprint density at radius 3 is 2.19 bits per heavy atom. The molecule has 42 heavy (non-hydrogen) atoms. The maximum atomic E-state index is 14.2. The fourth-order valence-corrected chi connectivity index (χ4v) is 5.56. The second kappa shape index (κ2) is 13.0. The van der Waals surface area contributed by atoms with Gasteiger partial charge in [-0.3, -0.25) is 13.9 Å². The number of anilines is 1. The Balaban J connectivity index is 1.74. The lowest BCUT2D eigenvalue weighted by molar-refractivity contribution is -0.140. The van der Waals surface area contributed by atoms with E-state index in [9.17, 15) is 18.0 Å². The van der Waals surface area contributed by atoms with E-state index in [-0.39, 0.29) is 24.6 Å². The van der Waals surface area contributed by atoms with Crippen LogP contribution in [0.1, 0.15) is 31.9 Å². The molecule has 0 radical (unpaired) electrons. The predicted molar refractivity (Wildman–Crippen MR) is 163 cm³/mol. The molecule has 0 saturated heterocycles. The Morgan fingerprint density at radius 1 is 0.929 bits per heavy atom. The van der Waals surface area contributed by atoms with Crippen molar-refractivity contribution in [1.82, 2.24) is 10.2 Å². The number of fused-ring (bicyclic) bond motifs is 1. The van der Waals surface area contributed by atoms with E-state index in [0.29, 0.717) is 29.7 Å². The van der Waals surface area contributed by atoms with Crippen LogP contribution in [0.4, 0.5) is 5.69 Å². The van der Waals surface area contributed by atoms with E-state index in [1.54, 1.807) is 42.5 Å². The van der Waals surface area contributed by atoms with Crippen LogP contribution < -0.4 is 19.1 Å². The van der Waals surface area contributed by atoms with Crippen LogP contribution in [-0.4, -0.2) is 62.7 Å². The van der Waals surface area contributed by atoms with Crippen molar-refractivity contribution in [3.63, 3.8) is 0 Å². The van der Waals surface area contributed by atoms with Crippen LogP contribution in [0.5, 0.6) is 11.5 Å². The molecule has 2 amide bonds. The summed E-state index contributed by atoms with van der Waals surface area (Å²) in [6.07, 6.45) is 1.26. The highest BCUT2D eigenvalue weighted by Gasteiger charge is 2.34. The molecule has 0 bridgehead atoms. The molecule has 3 aromatic carbocycles. The minimum absolute atomic E-state index is 0.0593. The second-order valence-electron chi connectivity index (χ2n) is 11.2. The van der Waals surface area contributed by atoms with Crippen molar-refractivity contribution in [2.45, 2.75) is 45.3 Å². The minimum Gasteiger partial charge on any atom is -0.486 e. The van der Waals surface area contributed by atoms with Gasteiger partial charge < -0.3 is 19.7 Å². The fourth-order valence-electron chi connectivity index (χ4n) is 4.59. The lowest BCUT2D eigenvalue weighted by Gasteiger charge is -2.35. The van der Waals surface area contributed by atoms with Crippen LogP contribution in [0, 0.1) is 0 Å². The van der Waals surface area contributed by atoms with Crippen LogP contribution in [-0.2, 0) is 32.6 Å². The zero-order valence-electron chi connectivity index (χ0n) is 24.2. The molecule has 1 aliphatic rings. The molecule has 0 aromatic heterocycles. The summed E-state index contributed by atoms with van der Waals surface area (Å²) in [5.74, 6) is -0.00514. The van der Waals surface area contributed by atoms with E-state index in [2.05, 4.69) is 5.32 Å². The van der Waals surface area contributed by atoms with Gasteiger partial charge in [0, 0.05) is 29.6 Å². The number of benzene rings is 3. The summed E-state index contributed by atoms with van der Waals surface area (Å²) in [5.41, 5.74) is 1.28. The number of carbonyl (C=O) groups excluding carboxylic acids is 2. The van der Waals surface area contributed by atoms with E-state index >= 15 is 0 Å². The van der Waals surface area contributed by atoms with Crippen molar-refractivity contribution in [3.05, 3.63) is 88.9 Å². The third-order valence-electron chi connectivity index (χ3n) is 6.53. The topological polar surface area (TPSA) is 105 Å². The maximum Gasteiger partial charge on any atom is 0.244 e. The van der Waals surface area contributed by atoms with Crippen LogP contribution in [0.2, 0.25) is 5.02 Å². The Hall–Kier alpha value is -3.76. The third kappa shape index (κ3) is 8.39. The van der Waals surface area contributed by atoms with Gasteiger partial charge in [0.05, 0.1) is 11.9 Å². The fraction of sp³-hybridized carbons (Fsp3) is 0.355. The summed E-state index contributed by atoms with van der Waals surface area (Å²) in [6, 6.07) is 20.2. The van der Waals surface area contributed by atoms with Gasteiger partial charge in [0.1, 0.15) is 25.8 Å². The number of hydrogen-bond acceptors (Lipinski definition) is 6. The first kappa shape index (κ1) is 31.2. The van der Waals surface area contributed by atoms with Crippen molar-refractivity contribution in [1.29, 1.82) is 0 Å². The summed E-state index contributed by atoms with van der Waals surface area (Å²) in [6.45, 7) is 5.84. The molecular weight excluding hydrogens is 578 g/mol. The quantitative estimate of drug-likeness (QED) is 0.363. The van der Waals surface area contributed by atoms with Crippen LogP contribution in [0.3, 0.4) is 0 Å². The zero-order chi connectivity index (χ0) is 30.5. The number of hydrogen-bond donors (Lipinski definition) is 1. The van der Waals surface area contributed by atoms with Crippen LogP contribution in [0.15, 0.2) is 72.8 Å². The van der Waals surface area contributed by atoms with Crippen molar-refractivity contribution >= 4 is 39.1 Å². The van der Waals surface area contributed by atoms with Gasteiger partial charge >= 0.3 is 0 Å². The van der Waals surface area contributed by atoms with E-state index in [4.69, 9.17) is 21.1 Å². The molecule has 3 aromatic rings. The Labute approximate surface area is 252 Å². The number of rotatable bonds is 10. The molecule has 9 nitrogen and oxygen atoms in total. The van der Waals surface area contributed by atoms with Gasteiger partial charge in [-0.1, -0.05) is 54.1 Å². The van der Waals surface area contributed by atoms with Gasteiger partial charge in [-0.05, 0) is 56.2 Å². The molecule has 0 aliphatic carbocycles. The largest absolute Gasteiger partial charge is 0.486 e. The summed E-state index contributed by atoms with van der Waals surface area (Å²) in [5, 5.41) is 3.54. The lowest BCUT2D eigenvalue weighted by atomic mass is 10.0. The molecule has 1 N–H and O–H groups in total. The lowest BCUT2D eigenvalue weighted by Crippen LogP contribution is -2.56. The number of halogens is 1. The molecule has 0 fully saturated rings. The molecule has 1 aliphatic heterocycles. The van der Waals surface area contributed by atoms with Crippen molar-refractivity contribution in [2.75, 3.05) is 30.3 Å². The highest BCUT2D eigenvalue weighted by molar-refractivity contribution is 7.92. The third-order valence-corrected chi connectivity index (χ3v) is 7.92. The highest BCUT2D eigenvalue weighted by atomic mass is 35.5.